The van der Waals surface area contributed by atoms with Crippen molar-refractivity contribution in [2.24, 2.45) is 5.92 Å². The molecule has 1 heterocycles. The fraction of sp³-hybridized carbons (Fsp3) is 0.500. The molecule has 0 radical (unpaired) electrons. The standard InChI is InChI=1S/C16H21NO4/c18-15(19)11-14(10-12-4-2-1-3-5-12)17-8-6-13(7-9-17)16(20)21/h1-5,13-14H,6-11H2,(H,18,19)(H,20,21). The van der Waals surface area contributed by atoms with Gasteiger partial charge in [0.05, 0.1) is 12.3 Å². The number of nitrogens with zero attached hydrogens (tertiary/aromatic N) is 1. The number of carbonyl (C=O) groups is 2. The number of rotatable bonds is 6. The van der Waals surface area contributed by atoms with Gasteiger partial charge in [0.2, 0.25) is 0 Å². The first-order valence-corrected chi connectivity index (χ1v) is 7.29. The van der Waals surface area contributed by atoms with E-state index in [4.69, 9.17) is 10.2 Å². The fourth-order valence-electron chi connectivity index (χ4n) is 2.93. The molecule has 0 saturated carbocycles. The summed E-state index contributed by atoms with van der Waals surface area (Å²) in [5.41, 5.74) is 1.11. The van der Waals surface area contributed by atoms with Crippen molar-refractivity contribution in [3.8, 4) is 0 Å². The first kappa shape index (κ1) is 15.5. The lowest BCUT2D eigenvalue weighted by molar-refractivity contribution is -0.144. The molecular weight excluding hydrogens is 270 g/mol. The second-order valence-electron chi connectivity index (χ2n) is 5.59. The Balaban J connectivity index is 2.00. The Bertz CT molecular complexity index is 480. The van der Waals surface area contributed by atoms with Crippen molar-refractivity contribution >= 4 is 11.9 Å². The van der Waals surface area contributed by atoms with Crippen LogP contribution >= 0.6 is 0 Å². The lowest BCUT2D eigenvalue weighted by atomic mass is 9.93. The molecule has 1 aromatic carbocycles. The minimum Gasteiger partial charge on any atom is -0.481 e. The van der Waals surface area contributed by atoms with Crippen molar-refractivity contribution in [3.63, 3.8) is 0 Å². The smallest absolute Gasteiger partial charge is 0.306 e. The number of likely N-dealkylation sites (tertiary alicyclic amines) is 1. The average Bonchev–Trinajstić information content (AvgIpc) is 2.47. The summed E-state index contributed by atoms with van der Waals surface area (Å²) >= 11 is 0. The Morgan fingerprint density at radius 2 is 1.76 bits per heavy atom. The molecule has 0 amide bonds. The van der Waals surface area contributed by atoms with Crippen LogP contribution in [0.5, 0.6) is 0 Å². The lowest BCUT2D eigenvalue weighted by Crippen LogP contribution is -2.44. The Morgan fingerprint density at radius 1 is 1.14 bits per heavy atom. The number of hydrogen-bond donors (Lipinski definition) is 2. The van der Waals surface area contributed by atoms with Gasteiger partial charge in [0, 0.05) is 6.04 Å². The molecule has 0 bridgehead atoms. The molecule has 5 heteroatoms. The first-order chi connectivity index (χ1) is 10.1. The summed E-state index contributed by atoms with van der Waals surface area (Å²) in [6, 6.07) is 9.76. The zero-order chi connectivity index (χ0) is 15.2. The summed E-state index contributed by atoms with van der Waals surface area (Å²) in [6.45, 7) is 1.31. The van der Waals surface area contributed by atoms with E-state index < -0.39 is 11.9 Å². The number of carboxylic acids is 2. The molecular formula is C16H21NO4. The quantitative estimate of drug-likeness (QED) is 0.836. The van der Waals surface area contributed by atoms with Gasteiger partial charge in [-0.1, -0.05) is 30.3 Å². The molecule has 114 valence electrons. The molecule has 21 heavy (non-hydrogen) atoms. The Morgan fingerprint density at radius 3 is 2.29 bits per heavy atom. The summed E-state index contributed by atoms with van der Waals surface area (Å²) in [5, 5.41) is 18.1. The Hall–Kier alpha value is -1.88. The van der Waals surface area contributed by atoms with Gasteiger partial charge in [0.1, 0.15) is 0 Å². The second-order valence-corrected chi connectivity index (χ2v) is 5.59. The van der Waals surface area contributed by atoms with Crippen LogP contribution in [0.1, 0.15) is 24.8 Å². The van der Waals surface area contributed by atoms with Crippen molar-refractivity contribution < 1.29 is 19.8 Å². The van der Waals surface area contributed by atoms with Gasteiger partial charge in [0.25, 0.3) is 0 Å². The minimum atomic E-state index is -0.809. The van der Waals surface area contributed by atoms with E-state index in [0.717, 1.165) is 5.56 Å². The monoisotopic (exact) mass is 291 g/mol. The van der Waals surface area contributed by atoms with E-state index in [2.05, 4.69) is 4.90 Å². The van der Waals surface area contributed by atoms with Crippen molar-refractivity contribution in [1.82, 2.24) is 4.90 Å². The largest absolute Gasteiger partial charge is 0.481 e. The summed E-state index contributed by atoms with van der Waals surface area (Å²) in [5.74, 6) is -1.84. The molecule has 0 spiro atoms. The Kier molecular flexibility index (Phi) is 5.33. The third-order valence-electron chi connectivity index (χ3n) is 4.12. The fourth-order valence-corrected chi connectivity index (χ4v) is 2.93. The SMILES string of the molecule is O=C(O)CC(Cc1ccccc1)N1CCC(C(=O)O)CC1. The molecule has 5 nitrogen and oxygen atoms in total. The first-order valence-electron chi connectivity index (χ1n) is 7.29. The highest BCUT2D eigenvalue weighted by Gasteiger charge is 2.29. The molecule has 1 unspecified atom stereocenters. The van der Waals surface area contributed by atoms with Gasteiger partial charge in [-0.3, -0.25) is 14.5 Å². The van der Waals surface area contributed by atoms with Crippen LogP contribution in [0.3, 0.4) is 0 Å². The number of aliphatic carboxylic acids is 2. The van der Waals surface area contributed by atoms with Crippen LogP contribution in [0.15, 0.2) is 30.3 Å². The third-order valence-corrected chi connectivity index (χ3v) is 4.12. The maximum absolute atomic E-state index is 11.1. The van der Waals surface area contributed by atoms with Crippen molar-refractivity contribution in [2.45, 2.75) is 31.7 Å². The molecule has 2 rings (SSSR count). The summed E-state index contributed by atoms with van der Waals surface area (Å²) in [7, 11) is 0. The normalized spacial score (nSPS) is 18.3. The number of piperidine rings is 1. The zero-order valence-corrected chi connectivity index (χ0v) is 11.9. The average molecular weight is 291 g/mol. The second kappa shape index (κ2) is 7.22. The molecule has 1 aliphatic rings. The van der Waals surface area contributed by atoms with E-state index >= 15 is 0 Å². The predicted molar refractivity (Wildman–Crippen MR) is 78.1 cm³/mol. The maximum atomic E-state index is 11.1. The third kappa shape index (κ3) is 4.56. The van der Waals surface area contributed by atoms with Gasteiger partial charge in [-0.2, -0.15) is 0 Å². The van der Waals surface area contributed by atoms with E-state index in [1.54, 1.807) is 0 Å². The molecule has 1 aliphatic heterocycles. The van der Waals surface area contributed by atoms with Crippen molar-refractivity contribution in [1.29, 1.82) is 0 Å². The van der Waals surface area contributed by atoms with E-state index in [-0.39, 0.29) is 18.4 Å². The highest BCUT2D eigenvalue weighted by Crippen LogP contribution is 2.22. The highest BCUT2D eigenvalue weighted by molar-refractivity contribution is 5.70. The van der Waals surface area contributed by atoms with Crippen molar-refractivity contribution in [3.05, 3.63) is 35.9 Å². The molecule has 2 N–H and O–H groups in total. The van der Waals surface area contributed by atoms with Crippen LogP contribution in [0, 0.1) is 5.92 Å². The minimum absolute atomic E-state index is 0.0698. The topological polar surface area (TPSA) is 77.8 Å². The molecule has 1 atom stereocenters. The number of benzene rings is 1. The molecule has 0 aromatic heterocycles. The van der Waals surface area contributed by atoms with E-state index in [0.29, 0.717) is 32.4 Å². The number of hydrogen-bond acceptors (Lipinski definition) is 3. The van der Waals surface area contributed by atoms with Crippen LogP contribution in [0.25, 0.3) is 0 Å². The summed E-state index contributed by atoms with van der Waals surface area (Å²) in [4.78, 5) is 24.2. The Labute approximate surface area is 124 Å². The molecule has 0 aliphatic carbocycles. The van der Waals surface area contributed by atoms with Crippen LogP contribution in [-0.4, -0.2) is 46.2 Å². The van der Waals surface area contributed by atoms with Gasteiger partial charge in [-0.15, -0.1) is 0 Å². The summed E-state index contributed by atoms with van der Waals surface area (Å²) in [6.07, 6.45) is 1.97. The number of carboxylic acid groups (broad SMARTS) is 2. The van der Waals surface area contributed by atoms with Crippen LogP contribution < -0.4 is 0 Å². The van der Waals surface area contributed by atoms with Gasteiger partial charge >= 0.3 is 11.9 Å². The van der Waals surface area contributed by atoms with Crippen molar-refractivity contribution in [2.75, 3.05) is 13.1 Å². The van der Waals surface area contributed by atoms with Gasteiger partial charge < -0.3 is 10.2 Å². The molecule has 1 fully saturated rings. The lowest BCUT2D eigenvalue weighted by Gasteiger charge is -2.36. The molecule has 1 saturated heterocycles. The van der Waals surface area contributed by atoms with E-state index in [9.17, 15) is 9.59 Å². The van der Waals surface area contributed by atoms with Crippen LogP contribution in [0.2, 0.25) is 0 Å². The van der Waals surface area contributed by atoms with Gasteiger partial charge in [0.15, 0.2) is 0 Å². The predicted octanol–water partition coefficient (Wildman–Crippen LogP) is 1.87. The molecule has 1 aromatic rings. The van der Waals surface area contributed by atoms with Gasteiger partial charge in [-0.25, -0.2) is 0 Å². The van der Waals surface area contributed by atoms with Gasteiger partial charge in [-0.05, 0) is 37.9 Å². The summed E-state index contributed by atoms with van der Waals surface area (Å²) < 4.78 is 0. The highest BCUT2D eigenvalue weighted by atomic mass is 16.4. The van der Waals surface area contributed by atoms with Crippen LogP contribution in [-0.2, 0) is 16.0 Å². The van der Waals surface area contributed by atoms with E-state index in [1.807, 2.05) is 30.3 Å². The maximum Gasteiger partial charge on any atom is 0.306 e. The van der Waals surface area contributed by atoms with E-state index in [1.165, 1.54) is 0 Å². The van der Waals surface area contributed by atoms with Crippen LogP contribution in [0.4, 0.5) is 0 Å². The zero-order valence-electron chi connectivity index (χ0n) is 11.9.